The minimum atomic E-state index is -0.703. The van der Waals surface area contributed by atoms with Gasteiger partial charge in [0, 0.05) is 20.1 Å². The number of piperidine rings is 1. The van der Waals surface area contributed by atoms with Gasteiger partial charge in [0.05, 0.1) is 19.1 Å². The summed E-state index contributed by atoms with van der Waals surface area (Å²) in [6, 6.07) is 8.89. The lowest BCUT2D eigenvalue weighted by molar-refractivity contribution is -0.136. The number of amides is 1. The second-order valence-electron chi connectivity index (χ2n) is 8.92. The summed E-state index contributed by atoms with van der Waals surface area (Å²) in [5, 5.41) is 0. The van der Waals surface area contributed by atoms with Crippen molar-refractivity contribution in [2.24, 2.45) is 7.05 Å². The molecule has 0 radical (unpaired) electrons. The summed E-state index contributed by atoms with van der Waals surface area (Å²) in [4.78, 5) is 55.8. The van der Waals surface area contributed by atoms with E-state index in [1.165, 1.54) is 11.6 Å². The molecule has 3 heterocycles. The molecule has 9 nitrogen and oxygen atoms in total. The van der Waals surface area contributed by atoms with E-state index in [2.05, 4.69) is 0 Å². The first-order valence-electron chi connectivity index (χ1n) is 11.6. The van der Waals surface area contributed by atoms with Crippen molar-refractivity contribution >= 4 is 17.5 Å². The maximum Gasteiger partial charge on any atom is 0.332 e. The summed E-state index contributed by atoms with van der Waals surface area (Å²) in [6.07, 6.45) is 4.53. The van der Waals surface area contributed by atoms with Crippen molar-refractivity contribution in [1.29, 1.82) is 0 Å². The molecule has 2 aliphatic heterocycles. The third-order valence-electron chi connectivity index (χ3n) is 6.71. The van der Waals surface area contributed by atoms with E-state index >= 15 is 0 Å². The number of likely N-dealkylation sites (tertiary alicyclic amines) is 2. The van der Waals surface area contributed by atoms with Gasteiger partial charge < -0.3 is 10.6 Å². The van der Waals surface area contributed by atoms with Crippen LogP contribution in [0.5, 0.6) is 0 Å². The monoisotopic (exact) mass is 453 g/mol. The maximum atomic E-state index is 13.3. The van der Waals surface area contributed by atoms with Crippen molar-refractivity contribution in [2.75, 3.05) is 31.9 Å². The van der Waals surface area contributed by atoms with Gasteiger partial charge in [-0.25, -0.2) is 4.79 Å². The van der Waals surface area contributed by atoms with Crippen LogP contribution in [0.15, 0.2) is 39.9 Å². The van der Waals surface area contributed by atoms with E-state index in [1.807, 2.05) is 40.1 Å². The van der Waals surface area contributed by atoms with E-state index in [1.54, 1.807) is 0 Å². The highest BCUT2D eigenvalue weighted by Crippen LogP contribution is 2.22. The van der Waals surface area contributed by atoms with Gasteiger partial charge >= 0.3 is 5.69 Å². The quantitative estimate of drug-likeness (QED) is 0.649. The second kappa shape index (κ2) is 9.74. The highest BCUT2D eigenvalue weighted by atomic mass is 16.2. The molecular formula is C24H31N5O4. The molecule has 176 valence electrons. The van der Waals surface area contributed by atoms with Gasteiger partial charge in [-0.15, -0.1) is 0 Å². The average Bonchev–Trinajstić information content (AvgIpc) is 3.36. The van der Waals surface area contributed by atoms with Crippen molar-refractivity contribution in [3.05, 3.63) is 62.3 Å². The van der Waals surface area contributed by atoms with E-state index in [0.29, 0.717) is 13.0 Å². The van der Waals surface area contributed by atoms with Crippen LogP contribution in [0.2, 0.25) is 0 Å². The number of Topliss-reactive ketones (excluding diaryl/α,β-unsaturated/α-hetero) is 1. The fourth-order valence-corrected chi connectivity index (χ4v) is 4.84. The number of ketones is 1. The van der Waals surface area contributed by atoms with Gasteiger partial charge in [0.25, 0.3) is 5.56 Å². The number of anilines is 1. The van der Waals surface area contributed by atoms with Gasteiger partial charge in [-0.1, -0.05) is 36.8 Å². The first-order valence-corrected chi connectivity index (χ1v) is 11.6. The Hall–Kier alpha value is -3.20. The number of aromatic nitrogens is 2. The van der Waals surface area contributed by atoms with Crippen molar-refractivity contribution in [2.45, 2.75) is 44.7 Å². The molecule has 2 saturated heterocycles. The van der Waals surface area contributed by atoms with Crippen LogP contribution in [-0.2, 0) is 18.4 Å². The second-order valence-corrected chi connectivity index (χ2v) is 8.92. The van der Waals surface area contributed by atoms with Gasteiger partial charge in [-0.3, -0.25) is 28.4 Å². The molecule has 1 atom stereocenters. The van der Waals surface area contributed by atoms with Crippen molar-refractivity contribution < 1.29 is 9.59 Å². The normalized spacial score (nSPS) is 19.1. The van der Waals surface area contributed by atoms with Crippen LogP contribution >= 0.6 is 0 Å². The smallest absolute Gasteiger partial charge is 0.332 e. The number of nitrogen functional groups attached to an aromatic ring is 1. The molecule has 1 unspecified atom stereocenters. The van der Waals surface area contributed by atoms with Crippen LogP contribution in [0.3, 0.4) is 0 Å². The van der Waals surface area contributed by atoms with Crippen molar-refractivity contribution in [3.8, 4) is 0 Å². The van der Waals surface area contributed by atoms with Crippen LogP contribution in [0, 0.1) is 0 Å². The zero-order valence-electron chi connectivity index (χ0n) is 19.0. The fraction of sp³-hybridized carbons (Fsp3) is 0.500. The standard InChI is InChI=1S/C24H31N5O4/c1-26-23(32)20(21(25)29(24(26)33)15-17-9-3-2-4-10-17)19(30)16-28-14-6-5-11-18(28)22(31)27-12-7-8-13-27/h2-4,9-10,18H,5-8,11-16,25H2,1H3. The number of nitrogens with two attached hydrogens (primary N) is 1. The first-order chi connectivity index (χ1) is 15.9. The SMILES string of the molecule is Cn1c(=O)c(C(=O)CN2CCCCC2C(=O)N2CCCC2)c(N)n(Cc2ccccc2)c1=O. The predicted molar refractivity (Wildman–Crippen MR) is 125 cm³/mol. The topological polar surface area (TPSA) is 111 Å². The lowest BCUT2D eigenvalue weighted by Crippen LogP contribution is -2.52. The zero-order chi connectivity index (χ0) is 23.5. The third-order valence-corrected chi connectivity index (χ3v) is 6.71. The largest absolute Gasteiger partial charge is 0.384 e. The van der Waals surface area contributed by atoms with E-state index in [9.17, 15) is 19.2 Å². The molecule has 2 N–H and O–H groups in total. The number of nitrogens with zero attached hydrogens (tertiary/aromatic N) is 4. The Morgan fingerprint density at radius 1 is 1.00 bits per heavy atom. The van der Waals surface area contributed by atoms with E-state index in [0.717, 1.165) is 48.9 Å². The minimum Gasteiger partial charge on any atom is -0.384 e. The van der Waals surface area contributed by atoms with Crippen LogP contribution in [0.25, 0.3) is 0 Å². The lowest BCUT2D eigenvalue weighted by atomic mass is 9.99. The Morgan fingerprint density at radius 2 is 1.67 bits per heavy atom. The van der Waals surface area contributed by atoms with E-state index < -0.39 is 17.0 Å². The van der Waals surface area contributed by atoms with Gasteiger partial charge in [0.15, 0.2) is 5.78 Å². The summed E-state index contributed by atoms with van der Waals surface area (Å²) in [7, 11) is 1.35. The Kier molecular flexibility index (Phi) is 6.78. The molecule has 2 aromatic rings. The summed E-state index contributed by atoms with van der Waals surface area (Å²) in [5.74, 6) is -0.526. The average molecular weight is 454 g/mol. The van der Waals surface area contributed by atoms with E-state index in [-0.39, 0.29) is 36.4 Å². The van der Waals surface area contributed by atoms with Gasteiger partial charge in [0.1, 0.15) is 11.4 Å². The molecule has 33 heavy (non-hydrogen) atoms. The molecule has 1 amide bonds. The molecule has 1 aromatic carbocycles. The maximum absolute atomic E-state index is 13.3. The molecule has 0 spiro atoms. The minimum absolute atomic E-state index is 0.0647. The Labute approximate surface area is 192 Å². The predicted octanol–water partition coefficient (Wildman–Crippen LogP) is 0.837. The van der Waals surface area contributed by atoms with Gasteiger partial charge in [-0.05, 0) is 37.8 Å². The molecule has 1 aromatic heterocycles. The van der Waals surface area contributed by atoms with Crippen molar-refractivity contribution in [1.82, 2.24) is 18.9 Å². The number of hydrogen-bond donors (Lipinski definition) is 1. The van der Waals surface area contributed by atoms with Crippen molar-refractivity contribution in [3.63, 3.8) is 0 Å². The number of hydrogen-bond acceptors (Lipinski definition) is 6. The Morgan fingerprint density at radius 3 is 2.36 bits per heavy atom. The van der Waals surface area contributed by atoms with Crippen LogP contribution < -0.4 is 17.0 Å². The molecule has 4 rings (SSSR count). The molecule has 2 aliphatic rings. The molecule has 0 bridgehead atoms. The van der Waals surface area contributed by atoms with E-state index in [4.69, 9.17) is 5.73 Å². The highest BCUT2D eigenvalue weighted by Gasteiger charge is 2.35. The third kappa shape index (κ3) is 4.64. The highest BCUT2D eigenvalue weighted by molar-refractivity contribution is 6.01. The van der Waals surface area contributed by atoms with Crippen LogP contribution in [0.4, 0.5) is 5.82 Å². The van der Waals surface area contributed by atoms with Crippen LogP contribution in [-0.4, -0.2) is 62.8 Å². The van der Waals surface area contributed by atoms with Gasteiger partial charge in [0.2, 0.25) is 5.91 Å². The Balaban J connectivity index is 1.62. The number of benzene rings is 1. The molecule has 0 saturated carbocycles. The summed E-state index contributed by atoms with van der Waals surface area (Å²) in [5.41, 5.74) is 5.60. The number of carbonyl (C=O) groups is 2. The Bertz CT molecular complexity index is 1150. The molecule has 0 aliphatic carbocycles. The van der Waals surface area contributed by atoms with Gasteiger partial charge in [-0.2, -0.15) is 0 Å². The molecular weight excluding hydrogens is 422 g/mol. The summed E-state index contributed by atoms with van der Waals surface area (Å²) >= 11 is 0. The molecule has 9 heteroatoms. The molecule has 2 fully saturated rings. The first kappa shape index (κ1) is 23.0. The summed E-state index contributed by atoms with van der Waals surface area (Å²) < 4.78 is 2.18. The zero-order valence-corrected chi connectivity index (χ0v) is 19.0. The van der Waals surface area contributed by atoms with Crippen LogP contribution in [0.1, 0.15) is 48.0 Å². The lowest BCUT2D eigenvalue weighted by Gasteiger charge is -2.36. The number of carbonyl (C=O) groups excluding carboxylic acids is 2. The fourth-order valence-electron chi connectivity index (χ4n) is 4.84. The summed E-state index contributed by atoms with van der Waals surface area (Å²) in [6.45, 7) is 2.21. The number of rotatable bonds is 6.